The largest absolute Gasteiger partial charge is 0.458 e. The molecule has 1 N–H and O–H groups in total. The summed E-state index contributed by atoms with van der Waals surface area (Å²) in [5.41, 5.74) is -0.762. The molecule has 2 atom stereocenters. The number of β-lactam (4-membered cyclic amide) rings is 1. The highest BCUT2D eigenvalue weighted by Gasteiger charge is 2.50. The molecule has 8 nitrogen and oxygen atoms in total. The van der Waals surface area contributed by atoms with Crippen molar-refractivity contribution in [3.05, 3.63) is 21.5 Å². The van der Waals surface area contributed by atoms with Gasteiger partial charge in [0.1, 0.15) is 11.6 Å². The minimum atomic E-state index is -2.17. The molecule has 1 heterocycles. The van der Waals surface area contributed by atoms with Gasteiger partial charge >= 0.3 is 11.7 Å². The summed E-state index contributed by atoms with van der Waals surface area (Å²) in [6, 6.07) is 0. The predicted octanol–water partition coefficient (Wildman–Crippen LogP) is 2.19. The molecule has 0 saturated carbocycles. The lowest BCUT2D eigenvalue weighted by Gasteiger charge is -2.42. The molecule has 0 spiro atoms. The lowest BCUT2D eigenvalue weighted by atomic mass is 9.90. The second kappa shape index (κ2) is 7.02. The zero-order valence-corrected chi connectivity index (χ0v) is 16.3. The van der Waals surface area contributed by atoms with E-state index in [9.17, 15) is 19.7 Å². The maximum Gasteiger partial charge on any atom is 0.411 e. The van der Waals surface area contributed by atoms with Crippen LogP contribution in [0.15, 0.2) is 11.4 Å². The van der Waals surface area contributed by atoms with E-state index in [1.165, 1.54) is 0 Å². The summed E-state index contributed by atoms with van der Waals surface area (Å²) in [6.45, 7) is 13.5. The number of nitrogens with zero attached hydrogens (tertiary/aromatic N) is 1. The van der Waals surface area contributed by atoms with Gasteiger partial charge < -0.3 is 14.5 Å². The van der Waals surface area contributed by atoms with Gasteiger partial charge in [0.25, 0.3) is 0 Å². The molecule has 1 aliphatic heterocycles. The first-order valence-electron chi connectivity index (χ1n) is 7.87. The molecule has 0 radical (unpaired) electrons. The van der Waals surface area contributed by atoms with Crippen molar-refractivity contribution in [2.24, 2.45) is 5.92 Å². The molecular weight excluding hydrogens is 332 g/mol. The molecule has 1 aliphatic rings. The summed E-state index contributed by atoms with van der Waals surface area (Å²) in [7, 11) is -2.17. The summed E-state index contributed by atoms with van der Waals surface area (Å²) < 4.78 is 10.9. The molecule has 9 heteroatoms. The monoisotopic (exact) mass is 358 g/mol. The van der Waals surface area contributed by atoms with Crippen LogP contribution in [0.1, 0.15) is 34.6 Å². The molecule has 1 rings (SSSR count). The second-order valence-corrected chi connectivity index (χ2v) is 12.0. The Morgan fingerprint density at radius 1 is 1.42 bits per heavy atom. The normalized spacial score (nSPS) is 21.5. The summed E-state index contributed by atoms with van der Waals surface area (Å²) in [5.74, 6) is -2.30. The minimum absolute atomic E-state index is 0.0120. The summed E-state index contributed by atoms with van der Waals surface area (Å²) in [5, 5.41) is 13.5. The quantitative estimate of drug-likeness (QED) is 0.195. The van der Waals surface area contributed by atoms with E-state index >= 15 is 0 Å². The van der Waals surface area contributed by atoms with Gasteiger partial charge in [-0.2, -0.15) is 0 Å². The molecule has 1 fully saturated rings. The van der Waals surface area contributed by atoms with E-state index in [-0.39, 0.29) is 23.2 Å². The van der Waals surface area contributed by atoms with Crippen LogP contribution in [-0.2, 0) is 18.8 Å². The van der Waals surface area contributed by atoms with E-state index < -0.39 is 36.9 Å². The number of esters is 1. The molecule has 0 bridgehead atoms. The van der Waals surface area contributed by atoms with Crippen molar-refractivity contribution in [1.29, 1.82) is 0 Å². The first-order chi connectivity index (χ1) is 10.8. The molecule has 0 aromatic heterocycles. The van der Waals surface area contributed by atoms with Crippen LogP contribution in [0.2, 0.25) is 18.1 Å². The van der Waals surface area contributed by atoms with Gasteiger partial charge in [-0.25, -0.2) is 4.79 Å². The Morgan fingerprint density at radius 3 is 2.33 bits per heavy atom. The summed E-state index contributed by atoms with van der Waals surface area (Å²) >= 11 is 0. The third kappa shape index (κ3) is 4.01. The molecule has 0 aromatic rings. The van der Waals surface area contributed by atoms with Gasteiger partial charge in [-0.15, -0.1) is 0 Å². The number of carbonyl (C=O) groups is 2. The number of hydrogen-bond donors (Lipinski definition) is 1. The van der Waals surface area contributed by atoms with E-state index in [2.05, 4.69) is 26.1 Å². The van der Waals surface area contributed by atoms with E-state index in [0.29, 0.717) is 0 Å². The Balaban J connectivity index is 3.13. The van der Waals surface area contributed by atoms with Crippen LogP contribution in [0.25, 0.3) is 0 Å². The van der Waals surface area contributed by atoms with Crippen molar-refractivity contribution in [1.82, 2.24) is 5.32 Å². The van der Waals surface area contributed by atoms with Crippen LogP contribution in [0.5, 0.6) is 0 Å². The van der Waals surface area contributed by atoms with Gasteiger partial charge in [-0.3, -0.25) is 14.9 Å². The highest BCUT2D eigenvalue weighted by atomic mass is 28.4. The highest BCUT2D eigenvalue weighted by Crippen LogP contribution is 2.39. The number of nitrogens with one attached hydrogen (secondary N) is 1. The highest BCUT2D eigenvalue weighted by molar-refractivity contribution is 6.74. The Kier molecular flexibility index (Phi) is 5.94. The number of amides is 1. The lowest BCUT2D eigenvalue weighted by molar-refractivity contribution is -0.423. The third-order valence-corrected chi connectivity index (χ3v) is 9.09. The van der Waals surface area contributed by atoms with Crippen molar-refractivity contribution >= 4 is 20.2 Å². The van der Waals surface area contributed by atoms with Gasteiger partial charge in [0.2, 0.25) is 5.91 Å². The van der Waals surface area contributed by atoms with Crippen molar-refractivity contribution in [3.63, 3.8) is 0 Å². The van der Waals surface area contributed by atoms with Gasteiger partial charge in [0.05, 0.1) is 17.6 Å². The standard InChI is InChI=1S/C15H26N2O6Si/c1-8-22-14(19)12(17(20)21)11-10(13(18)16-11)9(2)23-24(6,7)15(3,4)5/h9-10H,8H2,1-7H3,(H,16,18)/b12-11+/t9-,10-/m1/s1. The Hall–Kier alpha value is -1.74. The first-order valence-corrected chi connectivity index (χ1v) is 10.8. The maximum absolute atomic E-state index is 11.9. The molecule has 24 heavy (non-hydrogen) atoms. The summed E-state index contributed by atoms with van der Waals surface area (Å²) in [6.07, 6.45) is -0.570. The van der Waals surface area contributed by atoms with Crippen LogP contribution in [-0.4, -0.2) is 37.8 Å². The molecule has 0 unspecified atom stereocenters. The second-order valence-electron chi connectivity index (χ2n) is 7.29. The van der Waals surface area contributed by atoms with Gasteiger partial charge in [0.15, 0.2) is 8.32 Å². The predicted molar refractivity (Wildman–Crippen MR) is 90.0 cm³/mol. The van der Waals surface area contributed by atoms with Gasteiger partial charge in [0, 0.05) is 0 Å². The van der Waals surface area contributed by atoms with E-state index in [0.717, 1.165) is 0 Å². The van der Waals surface area contributed by atoms with Crippen molar-refractivity contribution < 1.29 is 23.7 Å². The van der Waals surface area contributed by atoms with Crippen LogP contribution in [0.3, 0.4) is 0 Å². The van der Waals surface area contributed by atoms with Crippen LogP contribution >= 0.6 is 0 Å². The van der Waals surface area contributed by atoms with E-state index in [4.69, 9.17) is 9.16 Å². The molecule has 0 aromatic carbocycles. The number of ether oxygens (including phenoxy) is 1. The average Bonchev–Trinajstić information content (AvgIpc) is 2.35. The topological polar surface area (TPSA) is 108 Å². The molecule has 136 valence electrons. The van der Waals surface area contributed by atoms with E-state index in [1.54, 1.807) is 13.8 Å². The molecule has 1 amide bonds. The number of rotatable bonds is 6. The van der Waals surface area contributed by atoms with Crippen LogP contribution in [0.4, 0.5) is 0 Å². The van der Waals surface area contributed by atoms with Crippen molar-refractivity contribution in [2.45, 2.75) is 58.9 Å². The summed E-state index contributed by atoms with van der Waals surface area (Å²) in [4.78, 5) is 34.2. The zero-order valence-electron chi connectivity index (χ0n) is 15.3. The Morgan fingerprint density at radius 2 is 1.96 bits per heavy atom. The molecule has 0 aliphatic carbocycles. The number of nitro groups is 1. The van der Waals surface area contributed by atoms with Gasteiger partial charge in [-0.05, 0) is 32.0 Å². The number of hydrogen-bond acceptors (Lipinski definition) is 6. The Labute approximate surface area is 142 Å². The fourth-order valence-corrected chi connectivity index (χ4v) is 3.61. The minimum Gasteiger partial charge on any atom is -0.458 e. The number of carbonyl (C=O) groups excluding carboxylic acids is 2. The fourth-order valence-electron chi connectivity index (χ4n) is 2.19. The first kappa shape index (κ1) is 20.3. The average molecular weight is 358 g/mol. The lowest BCUT2D eigenvalue weighted by Crippen LogP contribution is -2.56. The third-order valence-electron chi connectivity index (χ3n) is 4.51. The van der Waals surface area contributed by atoms with E-state index in [1.807, 2.05) is 13.1 Å². The molecular formula is C15H26N2O6Si. The van der Waals surface area contributed by atoms with Crippen LogP contribution in [0, 0.1) is 16.0 Å². The van der Waals surface area contributed by atoms with Crippen molar-refractivity contribution in [3.8, 4) is 0 Å². The van der Waals surface area contributed by atoms with Crippen LogP contribution < -0.4 is 5.32 Å². The smallest absolute Gasteiger partial charge is 0.411 e. The SMILES string of the molecule is CCOC(=O)/C(=C1\NC(=O)[C@@H]1[C@@H](C)O[Si](C)(C)C(C)(C)C)[N+](=O)[O-]. The maximum atomic E-state index is 11.9. The molecule has 1 saturated heterocycles. The van der Waals surface area contributed by atoms with Gasteiger partial charge in [-0.1, -0.05) is 20.8 Å². The fraction of sp³-hybridized carbons (Fsp3) is 0.733. The Bertz CT molecular complexity index is 579. The zero-order chi connectivity index (χ0) is 18.9. The van der Waals surface area contributed by atoms with Crippen molar-refractivity contribution in [2.75, 3.05) is 6.61 Å².